The molecule has 1 fully saturated rings. The molecule has 1 amide bonds. The zero-order valence-electron chi connectivity index (χ0n) is 15.3. The van der Waals surface area contributed by atoms with E-state index in [0.717, 1.165) is 37.2 Å². The molecule has 0 bridgehead atoms. The number of rotatable bonds is 6. The van der Waals surface area contributed by atoms with Crippen LogP contribution in [0.4, 0.5) is 0 Å². The van der Waals surface area contributed by atoms with Crippen LogP contribution in [0.5, 0.6) is 5.75 Å². The smallest absolute Gasteiger partial charge is 0.226 e. The quantitative estimate of drug-likeness (QED) is 0.862. The molecule has 1 N–H and O–H groups in total. The minimum atomic E-state index is -0.557. The van der Waals surface area contributed by atoms with Crippen LogP contribution < -0.4 is 4.74 Å². The molecule has 1 aliphatic rings. The highest BCUT2D eigenvalue weighted by Gasteiger charge is 2.27. The maximum atomic E-state index is 12.1. The molecule has 1 aliphatic heterocycles. The molecule has 5 heteroatoms. The molecule has 1 heterocycles. The van der Waals surface area contributed by atoms with Crippen LogP contribution >= 0.6 is 0 Å². The van der Waals surface area contributed by atoms with Crippen molar-refractivity contribution in [2.75, 3.05) is 40.3 Å². The lowest BCUT2D eigenvalue weighted by Crippen LogP contribution is -2.46. The van der Waals surface area contributed by atoms with Gasteiger partial charge in [0.25, 0.3) is 0 Å². The number of aryl methyl sites for hydroxylation is 2. The van der Waals surface area contributed by atoms with E-state index in [0.29, 0.717) is 6.54 Å². The van der Waals surface area contributed by atoms with E-state index in [1.807, 2.05) is 26.0 Å². The average molecular weight is 334 g/mol. The van der Waals surface area contributed by atoms with Crippen LogP contribution in [-0.4, -0.2) is 67.3 Å². The summed E-state index contributed by atoms with van der Waals surface area (Å²) in [5.41, 5.74) is 2.28. The van der Waals surface area contributed by atoms with Crippen LogP contribution in [-0.2, 0) is 4.79 Å². The number of benzene rings is 1. The standard InChI is InChI=1S/C19H30N2O3/c1-14-7-8-18(15(2)10-14)24-13-17(22)12-21-9-5-6-16(11-21)19(23)20(3)4/h7-8,10,16-17,22H,5-6,9,11-13H2,1-4H3. The number of hydrogen-bond acceptors (Lipinski definition) is 4. The molecule has 1 aromatic carbocycles. The fraction of sp³-hybridized carbons (Fsp3) is 0.632. The van der Waals surface area contributed by atoms with Gasteiger partial charge in [0.2, 0.25) is 5.91 Å². The SMILES string of the molecule is Cc1ccc(OCC(O)CN2CCCC(C(=O)N(C)C)C2)c(C)c1. The van der Waals surface area contributed by atoms with E-state index < -0.39 is 6.10 Å². The maximum Gasteiger partial charge on any atom is 0.226 e. The Kier molecular flexibility index (Phi) is 6.63. The van der Waals surface area contributed by atoms with E-state index in [-0.39, 0.29) is 18.4 Å². The van der Waals surface area contributed by atoms with Crippen molar-refractivity contribution in [1.29, 1.82) is 0 Å². The normalized spacial score (nSPS) is 19.8. The summed E-state index contributed by atoms with van der Waals surface area (Å²) < 4.78 is 5.76. The van der Waals surface area contributed by atoms with E-state index in [4.69, 9.17) is 4.74 Å². The molecule has 0 aliphatic carbocycles. The molecule has 2 unspecified atom stereocenters. The van der Waals surface area contributed by atoms with Gasteiger partial charge in [0.1, 0.15) is 18.5 Å². The highest BCUT2D eigenvalue weighted by molar-refractivity contribution is 5.78. The molecular weight excluding hydrogens is 304 g/mol. The zero-order chi connectivity index (χ0) is 17.7. The third kappa shape index (κ3) is 5.21. The van der Waals surface area contributed by atoms with Crippen molar-refractivity contribution >= 4 is 5.91 Å². The van der Waals surface area contributed by atoms with Crippen molar-refractivity contribution in [1.82, 2.24) is 9.80 Å². The Morgan fingerprint density at radius 2 is 2.17 bits per heavy atom. The number of piperidine rings is 1. The summed E-state index contributed by atoms with van der Waals surface area (Å²) in [6.07, 6.45) is 1.37. The first kappa shape index (κ1) is 18.7. The Morgan fingerprint density at radius 1 is 1.42 bits per heavy atom. The zero-order valence-corrected chi connectivity index (χ0v) is 15.3. The highest BCUT2D eigenvalue weighted by Crippen LogP contribution is 2.20. The van der Waals surface area contributed by atoms with E-state index in [2.05, 4.69) is 11.0 Å². The number of hydrogen-bond donors (Lipinski definition) is 1. The number of aliphatic hydroxyl groups is 1. The van der Waals surface area contributed by atoms with Gasteiger partial charge >= 0.3 is 0 Å². The summed E-state index contributed by atoms with van der Waals surface area (Å²) in [5.74, 6) is 1.04. The summed E-state index contributed by atoms with van der Waals surface area (Å²) >= 11 is 0. The van der Waals surface area contributed by atoms with Gasteiger partial charge in [0, 0.05) is 27.2 Å². The number of amides is 1. The van der Waals surface area contributed by atoms with Gasteiger partial charge in [-0.3, -0.25) is 9.69 Å². The van der Waals surface area contributed by atoms with Gasteiger partial charge in [0.15, 0.2) is 0 Å². The molecule has 0 saturated carbocycles. The van der Waals surface area contributed by atoms with E-state index in [1.165, 1.54) is 5.56 Å². The fourth-order valence-corrected chi connectivity index (χ4v) is 3.29. The largest absolute Gasteiger partial charge is 0.491 e. The number of nitrogens with zero attached hydrogens (tertiary/aromatic N) is 2. The highest BCUT2D eigenvalue weighted by atomic mass is 16.5. The molecule has 1 saturated heterocycles. The topological polar surface area (TPSA) is 53.0 Å². The van der Waals surface area contributed by atoms with E-state index in [9.17, 15) is 9.90 Å². The minimum Gasteiger partial charge on any atom is -0.491 e. The molecule has 0 spiro atoms. The second-order valence-corrected chi connectivity index (χ2v) is 7.07. The molecule has 5 nitrogen and oxygen atoms in total. The van der Waals surface area contributed by atoms with Gasteiger partial charge in [-0.2, -0.15) is 0 Å². The molecule has 1 aromatic rings. The van der Waals surface area contributed by atoms with Crippen molar-refractivity contribution < 1.29 is 14.6 Å². The van der Waals surface area contributed by atoms with Gasteiger partial charge in [-0.15, -0.1) is 0 Å². The molecule has 0 radical (unpaired) electrons. The number of likely N-dealkylation sites (tertiary alicyclic amines) is 1. The first-order chi connectivity index (χ1) is 11.4. The van der Waals surface area contributed by atoms with Crippen LogP contribution in [0.2, 0.25) is 0 Å². The van der Waals surface area contributed by atoms with Crippen LogP contribution in [0.3, 0.4) is 0 Å². The lowest BCUT2D eigenvalue weighted by atomic mass is 9.96. The molecule has 134 valence electrons. The summed E-state index contributed by atoms with van der Waals surface area (Å²) in [7, 11) is 3.60. The second kappa shape index (κ2) is 8.49. The summed E-state index contributed by atoms with van der Waals surface area (Å²) in [5, 5.41) is 10.3. The van der Waals surface area contributed by atoms with E-state index >= 15 is 0 Å². The Morgan fingerprint density at radius 3 is 2.83 bits per heavy atom. The van der Waals surface area contributed by atoms with Gasteiger partial charge in [-0.1, -0.05) is 17.7 Å². The van der Waals surface area contributed by atoms with Crippen molar-refractivity contribution in [3.8, 4) is 5.75 Å². The lowest BCUT2D eigenvalue weighted by Gasteiger charge is -2.34. The maximum absolute atomic E-state index is 12.1. The predicted octanol–water partition coefficient (Wildman–Crippen LogP) is 1.84. The predicted molar refractivity (Wildman–Crippen MR) is 95.3 cm³/mol. The van der Waals surface area contributed by atoms with Gasteiger partial charge < -0.3 is 14.7 Å². The molecule has 24 heavy (non-hydrogen) atoms. The fourth-order valence-electron chi connectivity index (χ4n) is 3.29. The number of carbonyl (C=O) groups excluding carboxylic acids is 1. The second-order valence-electron chi connectivity index (χ2n) is 7.07. The van der Waals surface area contributed by atoms with Crippen LogP contribution in [0, 0.1) is 19.8 Å². The van der Waals surface area contributed by atoms with Gasteiger partial charge in [-0.05, 0) is 44.9 Å². The van der Waals surface area contributed by atoms with Crippen molar-refractivity contribution in [3.63, 3.8) is 0 Å². The Labute approximate surface area is 145 Å². The van der Waals surface area contributed by atoms with Crippen molar-refractivity contribution in [2.24, 2.45) is 5.92 Å². The molecular formula is C19H30N2O3. The average Bonchev–Trinajstić information content (AvgIpc) is 2.53. The summed E-state index contributed by atoms with van der Waals surface area (Å²) in [4.78, 5) is 15.9. The van der Waals surface area contributed by atoms with Gasteiger partial charge in [0.05, 0.1) is 5.92 Å². The number of carbonyl (C=O) groups is 1. The van der Waals surface area contributed by atoms with Gasteiger partial charge in [-0.25, -0.2) is 0 Å². The van der Waals surface area contributed by atoms with Crippen LogP contribution in [0.25, 0.3) is 0 Å². The number of β-amino-alcohol motifs (C(OH)–C–C–N with tert-alkyl or cyclic N) is 1. The third-order valence-electron chi connectivity index (χ3n) is 4.53. The Hall–Kier alpha value is -1.59. The molecule has 0 aromatic heterocycles. The summed E-state index contributed by atoms with van der Waals surface area (Å²) in [6, 6.07) is 6.03. The summed E-state index contributed by atoms with van der Waals surface area (Å²) in [6.45, 7) is 6.52. The molecule has 2 atom stereocenters. The van der Waals surface area contributed by atoms with Crippen LogP contribution in [0.15, 0.2) is 18.2 Å². The Bertz CT molecular complexity index is 560. The first-order valence-electron chi connectivity index (χ1n) is 8.68. The molecule has 2 rings (SSSR count). The number of ether oxygens (including phenoxy) is 1. The van der Waals surface area contributed by atoms with Crippen molar-refractivity contribution in [3.05, 3.63) is 29.3 Å². The minimum absolute atomic E-state index is 0.0428. The third-order valence-corrected chi connectivity index (χ3v) is 4.53. The van der Waals surface area contributed by atoms with E-state index in [1.54, 1.807) is 19.0 Å². The number of aliphatic hydroxyl groups excluding tert-OH is 1. The monoisotopic (exact) mass is 334 g/mol. The first-order valence-corrected chi connectivity index (χ1v) is 8.68. The van der Waals surface area contributed by atoms with Crippen LogP contribution in [0.1, 0.15) is 24.0 Å². The Balaban J connectivity index is 1.81. The van der Waals surface area contributed by atoms with Crippen molar-refractivity contribution in [2.45, 2.75) is 32.8 Å². The lowest BCUT2D eigenvalue weighted by molar-refractivity contribution is -0.135.